The Morgan fingerprint density at radius 3 is 2.69 bits per heavy atom. The summed E-state index contributed by atoms with van der Waals surface area (Å²) < 4.78 is 6.17. The Balaban J connectivity index is 1.70. The third kappa shape index (κ3) is 3.69. The zero-order chi connectivity index (χ0) is 20.6. The number of fused-ring (bicyclic) bond motifs is 2. The van der Waals surface area contributed by atoms with Crippen molar-refractivity contribution in [3.63, 3.8) is 0 Å². The van der Waals surface area contributed by atoms with Gasteiger partial charge in [-0.1, -0.05) is 36.9 Å². The first-order valence-electron chi connectivity index (χ1n) is 9.86. The molecule has 0 amide bonds. The largest absolute Gasteiger partial charge is 0.485 e. The third-order valence-corrected chi connectivity index (χ3v) is 5.60. The summed E-state index contributed by atoms with van der Waals surface area (Å²) >= 11 is 0. The van der Waals surface area contributed by atoms with E-state index in [0.29, 0.717) is 5.82 Å². The van der Waals surface area contributed by atoms with Gasteiger partial charge in [-0.2, -0.15) is 0 Å². The molecule has 4 rings (SSSR count). The summed E-state index contributed by atoms with van der Waals surface area (Å²) in [6.45, 7) is 13.8. The SMILES string of the molecule is [C-]#[N+]c1cc(C)c2cc3c(cc2n1)C(NCCc1ccccc1)C(O)C(C)(C)O3. The number of ether oxygens (including phenoxy) is 1. The van der Waals surface area contributed by atoms with Gasteiger partial charge in [-0.25, -0.2) is 0 Å². The lowest BCUT2D eigenvalue weighted by Crippen LogP contribution is -2.52. The molecule has 1 aromatic heterocycles. The predicted octanol–water partition coefficient (Wildman–Crippen LogP) is 4.50. The van der Waals surface area contributed by atoms with E-state index in [1.807, 2.05) is 51.1 Å². The number of rotatable bonds is 4. The van der Waals surface area contributed by atoms with Gasteiger partial charge in [-0.15, -0.1) is 4.98 Å². The van der Waals surface area contributed by atoms with Gasteiger partial charge in [0.15, 0.2) is 5.52 Å². The number of hydrogen-bond acceptors (Lipinski definition) is 4. The minimum absolute atomic E-state index is 0.277. The van der Waals surface area contributed by atoms with Crippen molar-refractivity contribution in [3.8, 4) is 5.75 Å². The second kappa shape index (κ2) is 7.47. The first-order chi connectivity index (χ1) is 13.9. The summed E-state index contributed by atoms with van der Waals surface area (Å²) in [6, 6.07) is 15.7. The fourth-order valence-corrected chi connectivity index (χ4v) is 3.96. The highest BCUT2D eigenvalue weighted by atomic mass is 16.5. The molecular formula is C24H25N3O2. The Morgan fingerprint density at radius 2 is 1.97 bits per heavy atom. The number of aliphatic hydroxyl groups is 1. The number of benzene rings is 2. The molecule has 0 saturated heterocycles. The second-order valence-electron chi connectivity index (χ2n) is 8.13. The summed E-state index contributed by atoms with van der Waals surface area (Å²) in [5, 5.41) is 15.5. The molecule has 2 unspecified atom stereocenters. The maximum atomic E-state index is 11.0. The van der Waals surface area contributed by atoms with E-state index >= 15 is 0 Å². The fourth-order valence-electron chi connectivity index (χ4n) is 3.96. The number of nitrogens with zero attached hydrogens (tertiary/aromatic N) is 2. The van der Waals surface area contributed by atoms with Crippen LogP contribution in [0.2, 0.25) is 0 Å². The normalized spacial score (nSPS) is 20.0. The molecule has 2 aromatic carbocycles. The van der Waals surface area contributed by atoms with Crippen LogP contribution in [0.25, 0.3) is 15.7 Å². The van der Waals surface area contributed by atoms with Gasteiger partial charge in [0.1, 0.15) is 17.5 Å². The van der Waals surface area contributed by atoms with E-state index in [9.17, 15) is 5.11 Å². The zero-order valence-corrected chi connectivity index (χ0v) is 16.9. The molecule has 5 heteroatoms. The van der Waals surface area contributed by atoms with Crippen LogP contribution in [-0.4, -0.2) is 28.3 Å². The van der Waals surface area contributed by atoms with E-state index in [4.69, 9.17) is 11.3 Å². The molecule has 2 heterocycles. The summed E-state index contributed by atoms with van der Waals surface area (Å²) in [4.78, 5) is 7.94. The van der Waals surface area contributed by atoms with Crippen LogP contribution in [0.5, 0.6) is 5.75 Å². The Bertz CT molecular complexity index is 1090. The van der Waals surface area contributed by atoms with Crippen LogP contribution in [0.1, 0.15) is 36.6 Å². The lowest BCUT2D eigenvalue weighted by molar-refractivity contribution is -0.0642. The van der Waals surface area contributed by atoms with Crippen LogP contribution in [0, 0.1) is 13.5 Å². The number of pyridine rings is 1. The van der Waals surface area contributed by atoms with Gasteiger partial charge >= 0.3 is 0 Å². The monoisotopic (exact) mass is 387 g/mol. The molecule has 2 atom stereocenters. The molecule has 1 aliphatic heterocycles. The van der Waals surface area contributed by atoms with Crippen molar-refractivity contribution in [2.75, 3.05) is 6.54 Å². The van der Waals surface area contributed by atoms with E-state index in [1.54, 1.807) is 6.07 Å². The molecule has 0 radical (unpaired) electrons. The van der Waals surface area contributed by atoms with Crippen molar-refractivity contribution >= 4 is 16.7 Å². The quantitative estimate of drug-likeness (QED) is 0.647. The summed E-state index contributed by atoms with van der Waals surface area (Å²) in [5.41, 5.74) is 3.15. The maximum absolute atomic E-state index is 11.0. The van der Waals surface area contributed by atoms with Crippen LogP contribution >= 0.6 is 0 Å². The first-order valence-corrected chi connectivity index (χ1v) is 9.86. The van der Waals surface area contributed by atoms with Crippen molar-refractivity contribution in [1.29, 1.82) is 0 Å². The molecule has 29 heavy (non-hydrogen) atoms. The van der Waals surface area contributed by atoms with Crippen molar-refractivity contribution in [2.45, 2.75) is 44.9 Å². The summed E-state index contributed by atoms with van der Waals surface area (Å²) in [6.07, 6.45) is 0.154. The lowest BCUT2D eigenvalue weighted by atomic mass is 9.85. The van der Waals surface area contributed by atoms with Crippen molar-refractivity contribution in [1.82, 2.24) is 10.3 Å². The average Bonchev–Trinajstić information content (AvgIpc) is 2.70. The van der Waals surface area contributed by atoms with Gasteiger partial charge in [0.2, 0.25) is 0 Å². The van der Waals surface area contributed by atoms with E-state index in [-0.39, 0.29) is 6.04 Å². The van der Waals surface area contributed by atoms with E-state index in [0.717, 1.165) is 40.7 Å². The van der Waals surface area contributed by atoms with Gasteiger partial charge < -0.3 is 20.0 Å². The molecule has 3 aromatic rings. The van der Waals surface area contributed by atoms with Gasteiger partial charge in [0.05, 0.1) is 6.04 Å². The molecule has 0 saturated carbocycles. The van der Waals surface area contributed by atoms with Gasteiger partial charge in [-0.05, 0) is 63.1 Å². The molecule has 0 aliphatic carbocycles. The molecule has 148 valence electrons. The van der Waals surface area contributed by atoms with Crippen LogP contribution in [0.4, 0.5) is 5.82 Å². The Hall–Kier alpha value is -2.94. The molecule has 0 spiro atoms. The van der Waals surface area contributed by atoms with E-state index < -0.39 is 11.7 Å². The van der Waals surface area contributed by atoms with Gasteiger partial charge in [0.25, 0.3) is 5.82 Å². The molecule has 1 aliphatic rings. The van der Waals surface area contributed by atoms with Crippen molar-refractivity contribution < 1.29 is 9.84 Å². The maximum Gasteiger partial charge on any atom is 0.270 e. The molecular weight excluding hydrogens is 362 g/mol. The number of aliphatic hydroxyl groups excluding tert-OH is 1. The first kappa shape index (κ1) is 19.4. The van der Waals surface area contributed by atoms with Crippen LogP contribution in [0.3, 0.4) is 0 Å². The third-order valence-electron chi connectivity index (χ3n) is 5.60. The second-order valence-corrected chi connectivity index (χ2v) is 8.13. The highest BCUT2D eigenvalue weighted by molar-refractivity contribution is 5.86. The highest BCUT2D eigenvalue weighted by Gasteiger charge is 2.43. The minimum atomic E-state index is -0.719. The van der Waals surface area contributed by atoms with Crippen LogP contribution in [-0.2, 0) is 6.42 Å². The van der Waals surface area contributed by atoms with Gasteiger partial charge in [0, 0.05) is 10.9 Å². The van der Waals surface area contributed by atoms with Gasteiger partial charge in [-0.3, -0.25) is 0 Å². The Labute approximate surface area is 171 Å². The van der Waals surface area contributed by atoms with E-state index in [2.05, 4.69) is 27.3 Å². The topological polar surface area (TPSA) is 58.7 Å². The number of aromatic nitrogens is 1. The Morgan fingerprint density at radius 1 is 1.21 bits per heavy atom. The number of hydrogen-bond donors (Lipinski definition) is 2. The molecule has 2 N–H and O–H groups in total. The van der Waals surface area contributed by atoms with Crippen molar-refractivity contribution in [2.24, 2.45) is 0 Å². The standard InChI is InChI=1S/C24H25N3O2/c1-15-12-21(25-4)27-19-13-18-20(14-17(15)19)29-24(2,3)23(28)22(18)26-11-10-16-8-6-5-7-9-16/h5-9,12-14,22-23,26,28H,10-11H2,1-3H3. The predicted molar refractivity (Wildman–Crippen MR) is 114 cm³/mol. The van der Waals surface area contributed by atoms with Crippen molar-refractivity contribution in [3.05, 3.63) is 76.6 Å². The van der Waals surface area contributed by atoms with E-state index in [1.165, 1.54) is 5.56 Å². The minimum Gasteiger partial charge on any atom is -0.485 e. The fraction of sp³-hybridized carbons (Fsp3) is 0.333. The van der Waals surface area contributed by atoms with Crippen LogP contribution < -0.4 is 10.1 Å². The molecule has 0 fully saturated rings. The number of nitrogens with one attached hydrogen (secondary N) is 1. The average molecular weight is 387 g/mol. The molecule has 0 bridgehead atoms. The Kier molecular flexibility index (Phi) is 4.99. The zero-order valence-electron chi connectivity index (χ0n) is 16.9. The van der Waals surface area contributed by atoms with Crippen LogP contribution in [0.15, 0.2) is 48.5 Å². The molecule has 5 nitrogen and oxygen atoms in total. The summed E-state index contributed by atoms with van der Waals surface area (Å²) in [7, 11) is 0. The number of aryl methyl sites for hydroxylation is 1. The summed E-state index contributed by atoms with van der Waals surface area (Å²) in [5.74, 6) is 1.13. The lowest BCUT2D eigenvalue weighted by Gasteiger charge is -2.42. The smallest absolute Gasteiger partial charge is 0.270 e. The highest BCUT2D eigenvalue weighted by Crippen LogP contribution is 2.42.